The summed E-state index contributed by atoms with van der Waals surface area (Å²) in [5.41, 5.74) is 5.74. The zero-order chi connectivity index (χ0) is 13.6. The number of aliphatic imine (C=N–C) groups is 1. The minimum atomic E-state index is 0.271. The average Bonchev–Trinajstić information content (AvgIpc) is 2.33. The molecule has 0 aromatic heterocycles. The molecular formula is C14H31N3O. The Bertz CT molecular complexity index is 205. The standard InChI is InChI=1S/C14H31N3O/c1-4-5-6-7-8-9-10-16-14(15)17-11-12-18-13(2)3/h13H,4-12H2,1-3H3,(H3,15,16,17). The summed E-state index contributed by atoms with van der Waals surface area (Å²) in [4.78, 5) is 4.29. The van der Waals surface area contributed by atoms with Gasteiger partial charge in [0.1, 0.15) is 0 Å². The van der Waals surface area contributed by atoms with Crippen LogP contribution in [0.15, 0.2) is 4.99 Å². The number of guanidine groups is 1. The van der Waals surface area contributed by atoms with E-state index in [1.54, 1.807) is 0 Å². The van der Waals surface area contributed by atoms with E-state index in [4.69, 9.17) is 10.5 Å². The lowest BCUT2D eigenvalue weighted by Gasteiger charge is -2.08. The Hall–Kier alpha value is -0.770. The Kier molecular flexibility index (Phi) is 12.1. The quantitative estimate of drug-likeness (QED) is 0.340. The Morgan fingerprint density at radius 3 is 2.50 bits per heavy atom. The van der Waals surface area contributed by atoms with E-state index in [2.05, 4.69) is 17.2 Å². The maximum atomic E-state index is 5.74. The van der Waals surface area contributed by atoms with Gasteiger partial charge in [0.2, 0.25) is 0 Å². The van der Waals surface area contributed by atoms with E-state index < -0.39 is 0 Å². The largest absolute Gasteiger partial charge is 0.377 e. The van der Waals surface area contributed by atoms with Crippen molar-refractivity contribution in [3.63, 3.8) is 0 Å². The lowest BCUT2D eigenvalue weighted by Crippen LogP contribution is -2.34. The number of unbranched alkanes of at least 4 members (excludes halogenated alkanes) is 5. The molecule has 0 rings (SSSR count). The Balaban J connectivity index is 3.31. The summed E-state index contributed by atoms with van der Waals surface area (Å²) in [5.74, 6) is 0.538. The molecule has 0 amide bonds. The molecule has 0 heterocycles. The molecule has 0 aromatic carbocycles. The van der Waals surface area contributed by atoms with Crippen LogP contribution in [0.4, 0.5) is 0 Å². The molecule has 0 aliphatic rings. The van der Waals surface area contributed by atoms with Crippen LogP contribution in [0.25, 0.3) is 0 Å². The highest BCUT2D eigenvalue weighted by Gasteiger charge is 1.94. The Morgan fingerprint density at radius 2 is 1.83 bits per heavy atom. The molecule has 0 spiro atoms. The van der Waals surface area contributed by atoms with Crippen molar-refractivity contribution in [2.45, 2.75) is 65.4 Å². The van der Waals surface area contributed by atoms with E-state index >= 15 is 0 Å². The van der Waals surface area contributed by atoms with Gasteiger partial charge in [-0.3, -0.25) is 4.99 Å². The molecule has 0 aliphatic carbocycles. The fourth-order valence-corrected chi connectivity index (χ4v) is 1.62. The molecule has 0 unspecified atom stereocenters. The lowest BCUT2D eigenvalue weighted by molar-refractivity contribution is 0.0830. The molecule has 0 radical (unpaired) electrons. The first-order valence-corrected chi connectivity index (χ1v) is 7.32. The third-order valence-electron chi connectivity index (χ3n) is 2.65. The highest BCUT2D eigenvalue weighted by Crippen LogP contribution is 2.04. The predicted molar refractivity (Wildman–Crippen MR) is 79.0 cm³/mol. The lowest BCUT2D eigenvalue weighted by atomic mass is 10.1. The number of nitrogens with two attached hydrogens (primary N) is 1. The van der Waals surface area contributed by atoms with Gasteiger partial charge in [-0.05, 0) is 20.3 Å². The topological polar surface area (TPSA) is 59.6 Å². The highest BCUT2D eigenvalue weighted by molar-refractivity contribution is 5.77. The molecule has 18 heavy (non-hydrogen) atoms. The maximum Gasteiger partial charge on any atom is 0.188 e. The molecule has 0 saturated heterocycles. The van der Waals surface area contributed by atoms with Crippen molar-refractivity contribution in [3.05, 3.63) is 0 Å². The molecule has 0 atom stereocenters. The van der Waals surface area contributed by atoms with Gasteiger partial charge in [-0.25, -0.2) is 0 Å². The molecule has 108 valence electrons. The van der Waals surface area contributed by atoms with Crippen LogP contribution in [0.3, 0.4) is 0 Å². The van der Waals surface area contributed by atoms with Gasteiger partial charge < -0.3 is 15.8 Å². The van der Waals surface area contributed by atoms with E-state index in [1.807, 2.05) is 13.8 Å². The summed E-state index contributed by atoms with van der Waals surface area (Å²) >= 11 is 0. The first-order valence-electron chi connectivity index (χ1n) is 7.32. The predicted octanol–water partition coefficient (Wildman–Crippen LogP) is 2.68. The van der Waals surface area contributed by atoms with Crippen LogP contribution >= 0.6 is 0 Å². The third-order valence-corrected chi connectivity index (χ3v) is 2.65. The number of nitrogens with zero attached hydrogens (tertiary/aromatic N) is 1. The molecule has 0 bridgehead atoms. The van der Waals surface area contributed by atoms with E-state index in [0.717, 1.165) is 19.5 Å². The second-order valence-electron chi connectivity index (χ2n) is 4.88. The monoisotopic (exact) mass is 257 g/mol. The minimum Gasteiger partial charge on any atom is -0.377 e. The second-order valence-corrected chi connectivity index (χ2v) is 4.88. The molecule has 0 fully saturated rings. The second kappa shape index (κ2) is 12.7. The van der Waals surface area contributed by atoms with E-state index in [-0.39, 0.29) is 6.10 Å². The van der Waals surface area contributed by atoms with Gasteiger partial charge >= 0.3 is 0 Å². The number of nitrogens with one attached hydrogen (secondary N) is 1. The highest BCUT2D eigenvalue weighted by atomic mass is 16.5. The number of rotatable bonds is 11. The number of hydrogen-bond donors (Lipinski definition) is 2. The molecule has 0 aromatic rings. The summed E-state index contributed by atoms with van der Waals surface area (Å²) in [6.45, 7) is 8.51. The zero-order valence-electron chi connectivity index (χ0n) is 12.4. The Labute approximate surface area is 112 Å². The van der Waals surface area contributed by atoms with E-state index in [9.17, 15) is 0 Å². The first kappa shape index (κ1) is 17.2. The normalized spacial score (nSPS) is 12.1. The number of ether oxygens (including phenoxy) is 1. The fraction of sp³-hybridized carbons (Fsp3) is 0.929. The molecule has 4 heteroatoms. The smallest absolute Gasteiger partial charge is 0.188 e. The van der Waals surface area contributed by atoms with Crippen molar-refractivity contribution in [1.29, 1.82) is 0 Å². The average molecular weight is 257 g/mol. The van der Waals surface area contributed by atoms with Gasteiger partial charge in [-0.1, -0.05) is 39.0 Å². The summed E-state index contributed by atoms with van der Waals surface area (Å²) in [5, 5.41) is 3.05. The maximum absolute atomic E-state index is 5.74. The molecule has 0 aliphatic heterocycles. The fourth-order valence-electron chi connectivity index (χ4n) is 1.62. The van der Waals surface area contributed by atoms with Crippen molar-refractivity contribution in [1.82, 2.24) is 5.32 Å². The minimum absolute atomic E-state index is 0.271. The van der Waals surface area contributed by atoms with Crippen LogP contribution in [0.2, 0.25) is 0 Å². The molecule has 4 nitrogen and oxygen atoms in total. The van der Waals surface area contributed by atoms with Gasteiger partial charge in [0.25, 0.3) is 0 Å². The van der Waals surface area contributed by atoms with Crippen molar-refractivity contribution in [2.75, 3.05) is 19.7 Å². The molecule has 0 saturated carbocycles. The van der Waals surface area contributed by atoms with Crippen LogP contribution in [-0.2, 0) is 4.74 Å². The molecule has 3 N–H and O–H groups in total. The van der Waals surface area contributed by atoms with Crippen molar-refractivity contribution < 1.29 is 4.74 Å². The summed E-state index contributed by atoms with van der Waals surface area (Å²) in [7, 11) is 0. The van der Waals surface area contributed by atoms with Crippen molar-refractivity contribution >= 4 is 5.96 Å². The number of hydrogen-bond acceptors (Lipinski definition) is 2. The van der Waals surface area contributed by atoms with Gasteiger partial charge in [-0.2, -0.15) is 0 Å². The van der Waals surface area contributed by atoms with Crippen molar-refractivity contribution in [2.24, 2.45) is 10.7 Å². The Morgan fingerprint density at radius 1 is 1.17 bits per heavy atom. The first-order chi connectivity index (χ1) is 8.66. The van der Waals surface area contributed by atoms with Crippen LogP contribution in [0, 0.1) is 0 Å². The van der Waals surface area contributed by atoms with Crippen LogP contribution < -0.4 is 11.1 Å². The van der Waals surface area contributed by atoms with Gasteiger partial charge in [0, 0.05) is 13.1 Å². The summed E-state index contributed by atoms with van der Waals surface area (Å²) < 4.78 is 5.40. The van der Waals surface area contributed by atoms with Gasteiger partial charge in [-0.15, -0.1) is 0 Å². The SMILES string of the molecule is CCCCCCCCN=C(N)NCCOC(C)C. The van der Waals surface area contributed by atoms with Gasteiger partial charge in [0.15, 0.2) is 5.96 Å². The van der Waals surface area contributed by atoms with Crippen LogP contribution in [0.5, 0.6) is 0 Å². The third kappa shape index (κ3) is 13.3. The zero-order valence-corrected chi connectivity index (χ0v) is 12.4. The van der Waals surface area contributed by atoms with E-state index in [1.165, 1.54) is 32.1 Å². The van der Waals surface area contributed by atoms with Crippen LogP contribution in [0.1, 0.15) is 59.3 Å². The van der Waals surface area contributed by atoms with Crippen LogP contribution in [-0.4, -0.2) is 31.8 Å². The van der Waals surface area contributed by atoms with E-state index in [0.29, 0.717) is 12.6 Å². The summed E-state index contributed by atoms with van der Waals surface area (Å²) in [6, 6.07) is 0. The summed E-state index contributed by atoms with van der Waals surface area (Å²) in [6.07, 6.45) is 7.98. The van der Waals surface area contributed by atoms with Crippen molar-refractivity contribution in [3.8, 4) is 0 Å². The molecular weight excluding hydrogens is 226 g/mol. The van der Waals surface area contributed by atoms with Gasteiger partial charge in [0.05, 0.1) is 12.7 Å².